The topological polar surface area (TPSA) is 47.3 Å². The minimum Gasteiger partial charge on any atom is -0.465 e. The van der Waals surface area contributed by atoms with Gasteiger partial charge in [0.05, 0.1) is 11.2 Å². The molecule has 0 radical (unpaired) electrons. The number of rotatable bonds is 3. The Bertz CT molecular complexity index is 566. The molecule has 4 heteroatoms. The molecule has 1 aromatic carbocycles. The molecule has 0 atom stereocenters. The lowest BCUT2D eigenvalue weighted by Gasteiger charge is -1.96. The molecule has 0 saturated heterocycles. The van der Waals surface area contributed by atoms with Crippen molar-refractivity contribution in [3.63, 3.8) is 0 Å². The molecule has 0 aliphatic heterocycles. The number of hydrogen-bond acceptors (Lipinski definition) is 3. The van der Waals surface area contributed by atoms with Gasteiger partial charge in [0, 0.05) is 5.41 Å². The SMILES string of the molecule is O=S(=O)(/C=C/c1ccco1)c1ccccc1. The van der Waals surface area contributed by atoms with Crippen LogP contribution in [0, 0.1) is 0 Å². The predicted molar refractivity (Wildman–Crippen MR) is 61.4 cm³/mol. The van der Waals surface area contributed by atoms with Gasteiger partial charge < -0.3 is 4.42 Å². The minimum absolute atomic E-state index is 0.276. The van der Waals surface area contributed by atoms with Crippen LogP contribution in [0.2, 0.25) is 0 Å². The fourth-order valence-corrected chi connectivity index (χ4v) is 2.24. The van der Waals surface area contributed by atoms with Crippen molar-refractivity contribution >= 4 is 15.9 Å². The molecule has 2 rings (SSSR count). The van der Waals surface area contributed by atoms with Gasteiger partial charge in [0.1, 0.15) is 5.76 Å². The van der Waals surface area contributed by atoms with Crippen LogP contribution >= 0.6 is 0 Å². The van der Waals surface area contributed by atoms with Crippen molar-refractivity contribution in [1.82, 2.24) is 0 Å². The van der Waals surface area contributed by atoms with E-state index in [0.717, 1.165) is 5.41 Å². The van der Waals surface area contributed by atoms with Gasteiger partial charge in [-0.2, -0.15) is 0 Å². The summed E-state index contributed by atoms with van der Waals surface area (Å²) >= 11 is 0. The highest BCUT2D eigenvalue weighted by atomic mass is 32.2. The zero-order chi connectivity index (χ0) is 11.4. The lowest BCUT2D eigenvalue weighted by molar-refractivity contribution is 0.557. The van der Waals surface area contributed by atoms with Crippen LogP contribution in [0.4, 0.5) is 0 Å². The van der Waals surface area contributed by atoms with Gasteiger partial charge in [0.15, 0.2) is 9.84 Å². The van der Waals surface area contributed by atoms with Crippen LogP contribution in [0.3, 0.4) is 0 Å². The van der Waals surface area contributed by atoms with Gasteiger partial charge in [-0.25, -0.2) is 8.42 Å². The molecule has 0 unspecified atom stereocenters. The van der Waals surface area contributed by atoms with Gasteiger partial charge in [0.2, 0.25) is 0 Å². The van der Waals surface area contributed by atoms with E-state index in [0.29, 0.717) is 5.76 Å². The monoisotopic (exact) mass is 234 g/mol. The summed E-state index contributed by atoms with van der Waals surface area (Å²) in [7, 11) is -3.38. The first kappa shape index (κ1) is 10.7. The first-order valence-electron chi connectivity index (χ1n) is 4.70. The van der Waals surface area contributed by atoms with Gasteiger partial charge in [-0.1, -0.05) is 18.2 Å². The van der Waals surface area contributed by atoms with E-state index in [2.05, 4.69) is 0 Å². The zero-order valence-electron chi connectivity index (χ0n) is 8.41. The summed E-state index contributed by atoms with van der Waals surface area (Å²) < 4.78 is 28.6. The molecule has 2 aromatic rings. The highest BCUT2D eigenvalue weighted by Crippen LogP contribution is 2.13. The molecule has 0 N–H and O–H groups in total. The Morgan fingerprint density at radius 1 is 1.00 bits per heavy atom. The van der Waals surface area contributed by atoms with Gasteiger partial charge in [0.25, 0.3) is 0 Å². The third kappa shape index (κ3) is 2.41. The first-order valence-corrected chi connectivity index (χ1v) is 6.25. The summed E-state index contributed by atoms with van der Waals surface area (Å²) in [4.78, 5) is 0.276. The molecule has 16 heavy (non-hydrogen) atoms. The van der Waals surface area contributed by atoms with Crippen LogP contribution in [0.25, 0.3) is 6.08 Å². The van der Waals surface area contributed by atoms with E-state index >= 15 is 0 Å². The van der Waals surface area contributed by atoms with E-state index in [1.54, 1.807) is 42.5 Å². The van der Waals surface area contributed by atoms with Crippen LogP contribution in [0.5, 0.6) is 0 Å². The molecule has 1 heterocycles. The summed E-state index contributed by atoms with van der Waals surface area (Å²) in [6, 6.07) is 11.7. The second-order valence-electron chi connectivity index (χ2n) is 3.18. The molecule has 0 amide bonds. The maximum Gasteiger partial charge on any atom is 0.199 e. The number of benzene rings is 1. The molecule has 0 bridgehead atoms. The summed E-state index contributed by atoms with van der Waals surface area (Å²) in [6.45, 7) is 0. The van der Waals surface area contributed by atoms with Crippen LogP contribution in [-0.4, -0.2) is 8.42 Å². The maximum absolute atomic E-state index is 11.8. The largest absolute Gasteiger partial charge is 0.465 e. The van der Waals surface area contributed by atoms with Crippen molar-refractivity contribution in [2.75, 3.05) is 0 Å². The summed E-state index contributed by atoms with van der Waals surface area (Å²) in [5.41, 5.74) is 0. The fraction of sp³-hybridized carbons (Fsp3) is 0. The third-order valence-corrected chi connectivity index (χ3v) is 3.45. The van der Waals surface area contributed by atoms with Gasteiger partial charge >= 0.3 is 0 Å². The Balaban J connectivity index is 2.28. The smallest absolute Gasteiger partial charge is 0.199 e. The Morgan fingerprint density at radius 3 is 2.38 bits per heavy atom. The number of hydrogen-bond donors (Lipinski definition) is 0. The Kier molecular flexibility index (Phi) is 2.92. The summed E-state index contributed by atoms with van der Waals surface area (Å²) in [5.74, 6) is 0.513. The van der Waals surface area contributed by atoms with E-state index < -0.39 is 9.84 Å². The molecule has 0 saturated carbocycles. The standard InChI is InChI=1S/C12H10O3S/c13-16(14,12-6-2-1-3-7-12)10-8-11-5-4-9-15-11/h1-10H/b10-8+. The number of furan rings is 1. The molecule has 82 valence electrons. The Morgan fingerprint density at radius 2 is 1.75 bits per heavy atom. The van der Waals surface area contributed by atoms with E-state index in [-0.39, 0.29) is 4.90 Å². The normalized spacial score (nSPS) is 12.0. The van der Waals surface area contributed by atoms with Crippen LogP contribution < -0.4 is 0 Å². The van der Waals surface area contributed by atoms with Gasteiger partial charge in [-0.15, -0.1) is 0 Å². The van der Waals surface area contributed by atoms with E-state index in [1.807, 2.05) is 0 Å². The second-order valence-corrected chi connectivity index (χ2v) is 5.01. The van der Waals surface area contributed by atoms with Crippen molar-refractivity contribution in [3.05, 3.63) is 59.9 Å². The van der Waals surface area contributed by atoms with E-state index in [9.17, 15) is 8.42 Å². The molecule has 1 aromatic heterocycles. The maximum atomic E-state index is 11.8. The lowest BCUT2D eigenvalue weighted by Crippen LogP contribution is -1.94. The average molecular weight is 234 g/mol. The van der Waals surface area contributed by atoms with Crippen molar-refractivity contribution in [2.45, 2.75) is 4.90 Å². The molecule has 0 spiro atoms. The average Bonchev–Trinajstić information content (AvgIpc) is 2.81. The van der Waals surface area contributed by atoms with Crippen LogP contribution in [0.15, 0.2) is 63.4 Å². The molecule has 0 aliphatic rings. The lowest BCUT2D eigenvalue weighted by atomic mass is 10.4. The fourth-order valence-electron chi connectivity index (χ4n) is 1.23. The van der Waals surface area contributed by atoms with E-state index in [1.165, 1.54) is 12.3 Å². The molecule has 0 aliphatic carbocycles. The quantitative estimate of drug-likeness (QED) is 0.820. The minimum atomic E-state index is -3.38. The van der Waals surface area contributed by atoms with Gasteiger partial charge in [-0.05, 0) is 30.3 Å². The van der Waals surface area contributed by atoms with Crippen molar-refractivity contribution in [3.8, 4) is 0 Å². The molecule has 0 fully saturated rings. The molecular weight excluding hydrogens is 224 g/mol. The van der Waals surface area contributed by atoms with Crippen molar-refractivity contribution < 1.29 is 12.8 Å². The Labute approximate surface area is 93.9 Å². The number of sulfone groups is 1. The highest BCUT2D eigenvalue weighted by molar-refractivity contribution is 7.94. The summed E-state index contributed by atoms with van der Waals surface area (Å²) in [5, 5.41) is 1.14. The third-order valence-electron chi connectivity index (χ3n) is 2.03. The molecular formula is C12H10O3S. The van der Waals surface area contributed by atoms with Crippen molar-refractivity contribution in [1.29, 1.82) is 0 Å². The van der Waals surface area contributed by atoms with Gasteiger partial charge in [-0.3, -0.25) is 0 Å². The summed E-state index contributed by atoms with van der Waals surface area (Å²) in [6.07, 6.45) is 2.93. The predicted octanol–water partition coefficient (Wildman–Crippen LogP) is 2.72. The second kappa shape index (κ2) is 4.37. The zero-order valence-corrected chi connectivity index (χ0v) is 9.22. The highest BCUT2D eigenvalue weighted by Gasteiger charge is 2.08. The van der Waals surface area contributed by atoms with Crippen LogP contribution in [0.1, 0.15) is 5.76 Å². The Hall–Kier alpha value is -1.81. The van der Waals surface area contributed by atoms with Crippen molar-refractivity contribution in [2.24, 2.45) is 0 Å². The van der Waals surface area contributed by atoms with Crippen LogP contribution in [-0.2, 0) is 9.84 Å². The molecule has 3 nitrogen and oxygen atoms in total. The van der Waals surface area contributed by atoms with E-state index in [4.69, 9.17) is 4.42 Å². The first-order chi connectivity index (χ1) is 7.68.